The molecule has 0 radical (unpaired) electrons. The number of ketones is 2. The van der Waals surface area contributed by atoms with Crippen molar-refractivity contribution in [2.75, 3.05) is 7.11 Å². The number of ether oxygens (including phenoxy) is 1. The average molecular weight is 765 g/mol. The first-order valence-electron chi connectivity index (χ1n) is 21.6. The quantitative estimate of drug-likeness (QED) is 0.0618. The molecule has 0 aromatic rings. The number of carbonyl (C=O) groups excluding carboxylic acids is 2. The molecule has 0 aliphatic heterocycles. The van der Waals surface area contributed by atoms with Gasteiger partial charge in [0.1, 0.15) is 0 Å². The van der Waals surface area contributed by atoms with Crippen molar-refractivity contribution < 1.29 is 14.3 Å². The number of methoxy groups -OCH3 is 1. The number of allylic oxidation sites excluding steroid dienone is 21. The maximum absolute atomic E-state index is 12.4. The molecule has 0 bridgehead atoms. The summed E-state index contributed by atoms with van der Waals surface area (Å²) in [6.07, 6.45) is 41.1. The maximum Gasteiger partial charge on any atom is 0.223 e. The van der Waals surface area contributed by atoms with Crippen LogP contribution in [0.5, 0.6) is 0 Å². The Labute approximate surface area is 345 Å². The lowest BCUT2D eigenvalue weighted by Crippen LogP contribution is -2.18. The predicted octanol–water partition coefficient (Wildman–Crippen LogP) is 16.2. The molecule has 1 aliphatic carbocycles. The Kier molecular flexibility index (Phi) is 26.5. The number of hydrogen-bond donors (Lipinski definition) is 0. The lowest BCUT2D eigenvalue weighted by atomic mass is 9.91. The minimum absolute atomic E-state index is 0.128. The number of carbonyl (C=O) groups is 2. The summed E-state index contributed by atoms with van der Waals surface area (Å²) in [7, 11) is 1.42. The van der Waals surface area contributed by atoms with Gasteiger partial charge in [0, 0.05) is 17.2 Å². The SMILES string of the molecule is COC1=CC(=O)C(CC=C(C)CCC=C(C)CCC=C(C)CCC=C(C)CCC=C(C)CCC=C(C)CCC=C(C)CCC=C(C)CCC=C(C)C)=C(C)C1=O. The molecule has 1 rings (SSSR count). The van der Waals surface area contributed by atoms with Gasteiger partial charge < -0.3 is 4.74 Å². The van der Waals surface area contributed by atoms with Crippen LogP contribution in [0.2, 0.25) is 0 Å². The molecule has 0 unspecified atom stereocenters. The maximum atomic E-state index is 12.4. The van der Waals surface area contributed by atoms with Crippen LogP contribution >= 0.6 is 0 Å². The average Bonchev–Trinajstić information content (AvgIpc) is 3.12. The molecule has 56 heavy (non-hydrogen) atoms. The molecule has 0 aromatic carbocycles. The minimum atomic E-state index is -0.193. The van der Waals surface area contributed by atoms with Gasteiger partial charge in [-0.25, -0.2) is 0 Å². The normalized spacial score (nSPS) is 15.9. The first-order valence-corrected chi connectivity index (χ1v) is 21.6. The lowest BCUT2D eigenvalue weighted by Gasteiger charge is -2.14. The van der Waals surface area contributed by atoms with Gasteiger partial charge in [-0.2, -0.15) is 0 Å². The fourth-order valence-electron chi connectivity index (χ4n) is 6.69. The summed E-state index contributed by atoms with van der Waals surface area (Å²) in [5.41, 5.74) is 14.2. The smallest absolute Gasteiger partial charge is 0.223 e. The van der Waals surface area contributed by atoms with Crippen LogP contribution in [-0.2, 0) is 14.3 Å². The highest BCUT2D eigenvalue weighted by Gasteiger charge is 2.25. The number of rotatable bonds is 27. The van der Waals surface area contributed by atoms with Crippen LogP contribution in [0, 0.1) is 0 Å². The van der Waals surface area contributed by atoms with Gasteiger partial charge >= 0.3 is 0 Å². The summed E-state index contributed by atoms with van der Waals surface area (Å²) in [6.45, 7) is 24.1. The molecule has 0 atom stereocenters. The van der Waals surface area contributed by atoms with Gasteiger partial charge in [0.25, 0.3) is 0 Å². The van der Waals surface area contributed by atoms with E-state index in [1.165, 1.54) is 82.6 Å². The Morgan fingerprint density at radius 3 is 0.982 bits per heavy atom. The van der Waals surface area contributed by atoms with Crippen molar-refractivity contribution in [3.63, 3.8) is 0 Å². The van der Waals surface area contributed by atoms with Crippen molar-refractivity contribution in [1.29, 1.82) is 0 Å². The molecule has 0 spiro atoms. The van der Waals surface area contributed by atoms with Crippen molar-refractivity contribution in [3.05, 3.63) is 128 Å². The monoisotopic (exact) mass is 765 g/mol. The summed E-state index contributed by atoms with van der Waals surface area (Å²) in [5.74, 6) is -0.191. The van der Waals surface area contributed by atoms with E-state index < -0.39 is 0 Å². The van der Waals surface area contributed by atoms with E-state index in [2.05, 4.69) is 124 Å². The Morgan fingerprint density at radius 2 is 0.714 bits per heavy atom. The second kappa shape index (κ2) is 29.5. The molecule has 0 aromatic heterocycles. The molecule has 0 saturated carbocycles. The highest BCUT2D eigenvalue weighted by Crippen LogP contribution is 2.24. The summed E-state index contributed by atoms with van der Waals surface area (Å²) in [6, 6.07) is 0. The molecule has 3 nitrogen and oxygen atoms in total. The van der Waals surface area contributed by atoms with Crippen molar-refractivity contribution in [1.82, 2.24) is 0 Å². The van der Waals surface area contributed by atoms with Crippen LogP contribution in [0.3, 0.4) is 0 Å². The summed E-state index contributed by atoms with van der Waals surface area (Å²) < 4.78 is 5.04. The van der Waals surface area contributed by atoms with Crippen molar-refractivity contribution in [2.24, 2.45) is 0 Å². The van der Waals surface area contributed by atoms with Gasteiger partial charge in [0.05, 0.1) is 7.11 Å². The van der Waals surface area contributed by atoms with Crippen molar-refractivity contribution >= 4 is 11.6 Å². The molecular weight excluding hydrogens is 685 g/mol. The molecule has 1 aliphatic rings. The standard InChI is InChI=1S/C53H80O3/c1-40(2)21-13-22-41(3)23-14-24-42(4)25-15-26-43(5)27-16-28-44(6)29-17-30-45(7)31-18-32-46(8)33-19-34-47(9)35-20-36-48(10)37-38-50-49(11)53(55)52(56-12)39-51(50)54/h21,23,25,27,29,31,33,35,37,39H,13-20,22,24,26,28,30,32,34,36,38H2,1-12H3. The summed E-state index contributed by atoms with van der Waals surface area (Å²) in [5, 5.41) is 0. The van der Waals surface area contributed by atoms with E-state index in [4.69, 9.17) is 4.74 Å². The zero-order valence-corrected chi connectivity index (χ0v) is 38.0. The summed E-state index contributed by atoms with van der Waals surface area (Å²) >= 11 is 0. The van der Waals surface area contributed by atoms with Gasteiger partial charge in [0.2, 0.25) is 5.78 Å². The Bertz CT molecular complexity index is 1610. The van der Waals surface area contributed by atoms with Gasteiger partial charge in [-0.1, -0.05) is 105 Å². The molecule has 3 heteroatoms. The molecule has 0 saturated heterocycles. The largest absolute Gasteiger partial charge is 0.493 e. The summed E-state index contributed by atoms with van der Waals surface area (Å²) in [4.78, 5) is 24.8. The van der Waals surface area contributed by atoms with E-state index in [1.54, 1.807) is 6.92 Å². The van der Waals surface area contributed by atoms with Gasteiger partial charge in [-0.15, -0.1) is 0 Å². The third-order valence-electron chi connectivity index (χ3n) is 10.8. The topological polar surface area (TPSA) is 43.4 Å². The van der Waals surface area contributed by atoms with Crippen LogP contribution in [0.15, 0.2) is 128 Å². The molecule has 0 N–H and O–H groups in total. The third-order valence-corrected chi connectivity index (χ3v) is 10.8. The van der Waals surface area contributed by atoms with Crippen LogP contribution in [-0.4, -0.2) is 18.7 Å². The van der Waals surface area contributed by atoms with E-state index in [9.17, 15) is 9.59 Å². The minimum Gasteiger partial charge on any atom is -0.493 e. The van der Waals surface area contributed by atoms with E-state index in [0.717, 1.165) is 83.5 Å². The fourth-order valence-corrected chi connectivity index (χ4v) is 6.69. The molecule has 310 valence electrons. The Hall–Kier alpha value is -3.72. The van der Waals surface area contributed by atoms with Gasteiger partial charge in [0.15, 0.2) is 11.5 Å². The number of hydrogen-bond acceptors (Lipinski definition) is 3. The van der Waals surface area contributed by atoms with Crippen LogP contribution < -0.4 is 0 Å². The van der Waals surface area contributed by atoms with Crippen molar-refractivity contribution in [2.45, 2.75) is 185 Å². The van der Waals surface area contributed by atoms with Crippen LogP contribution in [0.25, 0.3) is 0 Å². The molecular formula is C53H80O3. The van der Waals surface area contributed by atoms with E-state index in [0.29, 0.717) is 17.6 Å². The molecule has 0 amide bonds. The van der Waals surface area contributed by atoms with Gasteiger partial charge in [-0.05, 0) is 185 Å². The molecule has 0 fully saturated rings. The van der Waals surface area contributed by atoms with E-state index in [-0.39, 0.29) is 17.3 Å². The second-order valence-corrected chi connectivity index (χ2v) is 16.7. The fraction of sp³-hybridized carbons (Fsp3) is 0.547. The van der Waals surface area contributed by atoms with E-state index in [1.807, 2.05) is 0 Å². The Morgan fingerprint density at radius 1 is 0.446 bits per heavy atom. The van der Waals surface area contributed by atoms with Gasteiger partial charge in [-0.3, -0.25) is 9.59 Å². The first-order chi connectivity index (χ1) is 26.6. The molecule has 0 heterocycles. The predicted molar refractivity (Wildman–Crippen MR) is 246 cm³/mol. The first kappa shape index (κ1) is 50.3. The highest BCUT2D eigenvalue weighted by atomic mass is 16.5. The Balaban J connectivity index is 2.28. The van der Waals surface area contributed by atoms with Crippen molar-refractivity contribution in [3.8, 4) is 0 Å². The second-order valence-electron chi connectivity index (χ2n) is 16.7. The third kappa shape index (κ3) is 24.0. The van der Waals surface area contributed by atoms with Crippen LogP contribution in [0.1, 0.15) is 185 Å². The lowest BCUT2D eigenvalue weighted by molar-refractivity contribution is -0.118. The number of Topliss-reactive ketones (excluding diaryl/α,β-unsaturated/α-hetero) is 1. The van der Waals surface area contributed by atoms with Crippen LogP contribution in [0.4, 0.5) is 0 Å². The van der Waals surface area contributed by atoms with E-state index >= 15 is 0 Å². The zero-order valence-electron chi connectivity index (χ0n) is 38.0. The highest BCUT2D eigenvalue weighted by molar-refractivity contribution is 6.21. The zero-order chi connectivity index (χ0) is 41.9.